The molecule has 4 heteroatoms. The fourth-order valence-corrected chi connectivity index (χ4v) is 2.11. The van der Waals surface area contributed by atoms with E-state index in [9.17, 15) is 0 Å². The molecule has 0 N–H and O–H groups in total. The van der Waals surface area contributed by atoms with Crippen molar-refractivity contribution in [2.24, 2.45) is 13.0 Å². The van der Waals surface area contributed by atoms with Crippen molar-refractivity contribution in [2.75, 3.05) is 0 Å². The van der Waals surface area contributed by atoms with Crippen LogP contribution >= 0.6 is 0 Å². The molecule has 0 saturated heterocycles. The highest BCUT2D eigenvalue weighted by molar-refractivity contribution is 5.63. The van der Waals surface area contributed by atoms with Crippen molar-refractivity contribution in [1.82, 2.24) is 14.5 Å². The number of rotatable bonds is 3. The van der Waals surface area contributed by atoms with Crippen LogP contribution in [0, 0.1) is 17.8 Å². The molecule has 21 heavy (non-hydrogen) atoms. The van der Waals surface area contributed by atoms with E-state index in [0.29, 0.717) is 12.0 Å². The van der Waals surface area contributed by atoms with Gasteiger partial charge in [-0.15, -0.1) is 0 Å². The Labute approximate surface area is 124 Å². The number of ether oxygens (including phenoxy) is 1. The Bertz CT molecular complexity index is 730. The highest BCUT2D eigenvalue weighted by Gasteiger charge is 2.26. The minimum atomic E-state index is 0.334. The molecular formula is C17H17N3O. The van der Waals surface area contributed by atoms with Crippen LogP contribution in [0.5, 0.6) is 5.75 Å². The molecule has 0 radical (unpaired) electrons. The monoisotopic (exact) mass is 279 g/mol. The van der Waals surface area contributed by atoms with Crippen molar-refractivity contribution in [2.45, 2.75) is 31.8 Å². The van der Waals surface area contributed by atoms with Crippen molar-refractivity contribution in [3.63, 3.8) is 0 Å². The molecule has 2 fully saturated rings. The molecule has 4 nitrogen and oxygen atoms in total. The Morgan fingerprint density at radius 2 is 2.10 bits per heavy atom. The second-order valence-electron chi connectivity index (χ2n) is 5.86. The maximum absolute atomic E-state index is 6.00. The third kappa shape index (κ3) is 2.92. The van der Waals surface area contributed by atoms with Gasteiger partial charge in [0.2, 0.25) is 0 Å². The number of aromatic nitrogens is 3. The van der Waals surface area contributed by atoms with Crippen molar-refractivity contribution < 1.29 is 4.74 Å². The highest BCUT2D eigenvalue weighted by Crippen LogP contribution is 2.33. The molecule has 2 aromatic rings. The summed E-state index contributed by atoms with van der Waals surface area (Å²) in [5.41, 5.74) is 2.58. The van der Waals surface area contributed by atoms with Gasteiger partial charge in [0, 0.05) is 30.9 Å². The van der Waals surface area contributed by atoms with Gasteiger partial charge in [0.15, 0.2) is 0 Å². The second-order valence-corrected chi connectivity index (χ2v) is 5.86. The smallest absolute Gasteiger partial charge is 0.148 e. The third-order valence-corrected chi connectivity index (χ3v) is 3.62. The van der Waals surface area contributed by atoms with Crippen molar-refractivity contribution in [3.05, 3.63) is 30.4 Å². The Hall–Kier alpha value is -2.28. The first-order valence-electron chi connectivity index (χ1n) is 7.44. The van der Waals surface area contributed by atoms with Crippen molar-refractivity contribution >= 4 is 0 Å². The average Bonchev–Trinajstić information content (AvgIpc) is 3.39. The minimum Gasteiger partial charge on any atom is -0.488 e. The van der Waals surface area contributed by atoms with E-state index in [-0.39, 0.29) is 0 Å². The van der Waals surface area contributed by atoms with Crippen LogP contribution in [0.25, 0.3) is 11.4 Å². The van der Waals surface area contributed by atoms with E-state index in [2.05, 4.69) is 21.8 Å². The molecule has 0 unspecified atom stereocenters. The van der Waals surface area contributed by atoms with Crippen LogP contribution in [-0.2, 0) is 7.05 Å². The number of aryl methyl sites for hydroxylation is 1. The molecule has 2 heterocycles. The lowest BCUT2D eigenvalue weighted by Crippen LogP contribution is -2.00. The molecule has 0 atom stereocenters. The van der Waals surface area contributed by atoms with Gasteiger partial charge in [0.05, 0.1) is 12.4 Å². The topological polar surface area (TPSA) is 39.9 Å². The van der Waals surface area contributed by atoms with Gasteiger partial charge in [0.25, 0.3) is 0 Å². The van der Waals surface area contributed by atoms with E-state index in [1.807, 2.05) is 30.1 Å². The quantitative estimate of drug-likeness (QED) is 0.811. The molecule has 2 saturated carbocycles. The third-order valence-electron chi connectivity index (χ3n) is 3.62. The molecule has 2 aliphatic rings. The molecule has 0 bridgehead atoms. The zero-order chi connectivity index (χ0) is 14.2. The van der Waals surface area contributed by atoms with E-state index in [0.717, 1.165) is 35.5 Å². The van der Waals surface area contributed by atoms with E-state index in [1.54, 1.807) is 6.33 Å². The number of hydrogen-bond acceptors (Lipinski definition) is 3. The van der Waals surface area contributed by atoms with Gasteiger partial charge < -0.3 is 9.30 Å². The molecule has 2 aliphatic carbocycles. The summed E-state index contributed by atoms with van der Waals surface area (Å²) in [6, 6.07) is 2.00. The Balaban J connectivity index is 1.69. The van der Waals surface area contributed by atoms with E-state index >= 15 is 0 Å². The summed E-state index contributed by atoms with van der Waals surface area (Å²) in [6.07, 6.45) is 10.6. The first-order chi connectivity index (χ1) is 10.3. The lowest BCUT2D eigenvalue weighted by molar-refractivity contribution is 0.303. The normalized spacial score (nSPS) is 17.2. The lowest BCUT2D eigenvalue weighted by Gasteiger charge is -2.09. The van der Waals surface area contributed by atoms with Gasteiger partial charge in [-0.3, -0.25) is 0 Å². The van der Waals surface area contributed by atoms with Crippen LogP contribution in [0.3, 0.4) is 0 Å². The first kappa shape index (κ1) is 12.5. The molecule has 0 spiro atoms. The van der Waals surface area contributed by atoms with Gasteiger partial charge in [-0.25, -0.2) is 9.97 Å². The molecule has 4 rings (SSSR count). The molecule has 106 valence electrons. The summed E-state index contributed by atoms with van der Waals surface area (Å²) < 4.78 is 7.92. The largest absolute Gasteiger partial charge is 0.488 e. The van der Waals surface area contributed by atoms with Crippen molar-refractivity contribution in [1.29, 1.82) is 0 Å². The number of pyridine rings is 1. The van der Waals surface area contributed by atoms with Crippen LogP contribution in [0.2, 0.25) is 0 Å². The maximum atomic E-state index is 6.00. The van der Waals surface area contributed by atoms with Gasteiger partial charge in [0.1, 0.15) is 17.1 Å². The second kappa shape index (κ2) is 4.92. The van der Waals surface area contributed by atoms with Crippen LogP contribution in [0.4, 0.5) is 0 Å². The molecule has 0 aliphatic heterocycles. The summed E-state index contributed by atoms with van der Waals surface area (Å²) in [5.74, 6) is 7.87. The minimum absolute atomic E-state index is 0.334. The summed E-state index contributed by atoms with van der Waals surface area (Å²) in [7, 11) is 1.95. The lowest BCUT2D eigenvalue weighted by atomic mass is 10.2. The van der Waals surface area contributed by atoms with E-state index < -0.39 is 0 Å². The molecular weight excluding hydrogens is 262 g/mol. The number of nitrogens with zero attached hydrogens (tertiary/aromatic N) is 3. The van der Waals surface area contributed by atoms with Gasteiger partial charge in [-0.2, -0.15) is 0 Å². The Morgan fingerprint density at radius 3 is 2.76 bits per heavy atom. The summed E-state index contributed by atoms with van der Waals surface area (Å²) in [6.45, 7) is 0. The van der Waals surface area contributed by atoms with Gasteiger partial charge in [-0.05, 0) is 31.7 Å². The van der Waals surface area contributed by atoms with Crippen LogP contribution < -0.4 is 4.74 Å². The van der Waals surface area contributed by atoms with Crippen molar-refractivity contribution in [3.8, 4) is 29.0 Å². The zero-order valence-corrected chi connectivity index (χ0v) is 12.0. The fraction of sp³-hybridized carbons (Fsp3) is 0.412. The molecule has 2 aromatic heterocycles. The van der Waals surface area contributed by atoms with Crippen LogP contribution in [-0.4, -0.2) is 20.6 Å². The average molecular weight is 279 g/mol. The predicted octanol–water partition coefficient (Wildman–Crippen LogP) is 2.78. The number of hydrogen-bond donors (Lipinski definition) is 0. The molecule has 0 aromatic carbocycles. The zero-order valence-electron chi connectivity index (χ0n) is 12.0. The van der Waals surface area contributed by atoms with Crippen LogP contribution in [0.15, 0.2) is 24.8 Å². The Kier molecular flexibility index (Phi) is 2.92. The van der Waals surface area contributed by atoms with Crippen LogP contribution in [0.1, 0.15) is 31.2 Å². The summed E-state index contributed by atoms with van der Waals surface area (Å²) >= 11 is 0. The standard InChI is InChI=1S/C17H17N3O/c1-20-10-15(19-11-20)17-16(21-14-6-7-14)8-13(9-18-17)5-4-12-2-3-12/h8-12,14H,2-3,6-7H2,1H3. The van der Waals surface area contributed by atoms with E-state index in [4.69, 9.17) is 4.74 Å². The SMILES string of the molecule is Cn1cnc(-c2ncc(C#CC3CC3)cc2OC2CC2)c1. The fourth-order valence-electron chi connectivity index (χ4n) is 2.11. The summed E-state index contributed by atoms with van der Waals surface area (Å²) in [5, 5.41) is 0. The number of imidazole rings is 1. The maximum Gasteiger partial charge on any atom is 0.148 e. The van der Waals surface area contributed by atoms with Gasteiger partial charge >= 0.3 is 0 Å². The van der Waals surface area contributed by atoms with E-state index in [1.165, 1.54) is 12.8 Å². The summed E-state index contributed by atoms with van der Waals surface area (Å²) in [4.78, 5) is 8.91. The predicted molar refractivity (Wildman–Crippen MR) is 79.7 cm³/mol. The Morgan fingerprint density at radius 1 is 1.24 bits per heavy atom. The molecule has 0 amide bonds. The first-order valence-corrected chi connectivity index (χ1v) is 7.44. The highest BCUT2D eigenvalue weighted by atomic mass is 16.5. The van der Waals surface area contributed by atoms with Gasteiger partial charge in [-0.1, -0.05) is 11.8 Å².